The van der Waals surface area contributed by atoms with Crippen LogP contribution in [0, 0.1) is 0 Å². The van der Waals surface area contributed by atoms with E-state index in [1.807, 2.05) is 4.90 Å². The average molecular weight is 272 g/mol. The Hall–Kier alpha value is -2.01. The summed E-state index contributed by atoms with van der Waals surface area (Å²) in [4.78, 5) is 36.7. The summed E-state index contributed by atoms with van der Waals surface area (Å²) in [6.07, 6.45) is 1.42. The van der Waals surface area contributed by atoms with Gasteiger partial charge in [-0.2, -0.15) is 0 Å². The number of hydrogen-bond donors (Lipinski definition) is 1. The molecule has 5 heteroatoms. The standard InChI is InChI=1S/C15H16N2O3/c18-12-3-5-17(6-4-12)9-14(19)10-1-2-13-11(7-10)8-15(20)16-13/h1-2,7H,3-6,8-9H2,(H,16,20). The maximum Gasteiger partial charge on any atom is 0.228 e. The SMILES string of the molecule is O=C1CCN(CC(=O)c2ccc3c(c2)CC(=O)N3)CC1. The third-order valence-corrected chi connectivity index (χ3v) is 3.83. The fraction of sp³-hybridized carbons (Fsp3) is 0.400. The Bertz CT molecular complexity index is 585. The van der Waals surface area contributed by atoms with E-state index in [0.29, 0.717) is 44.5 Å². The van der Waals surface area contributed by atoms with Crippen molar-refractivity contribution in [2.75, 3.05) is 25.0 Å². The van der Waals surface area contributed by atoms with Gasteiger partial charge in [0, 0.05) is 37.2 Å². The first-order valence-electron chi connectivity index (χ1n) is 6.82. The van der Waals surface area contributed by atoms with Crippen LogP contribution in [-0.4, -0.2) is 42.0 Å². The van der Waals surface area contributed by atoms with Crippen molar-refractivity contribution in [3.63, 3.8) is 0 Å². The fourth-order valence-corrected chi connectivity index (χ4v) is 2.66. The Morgan fingerprint density at radius 2 is 1.95 bits per heavy atom. The molecule has 2 aliphatic rings. The molecule has 1 aromatic carbocycles. The second-order valence-electron chi connectivity index (χ2n) is 5.33. The molecule has 0 spiro atoms. The molecule has 0 bridgehead atoms. The van der Waals surface area contributed by atoms with Crippen LogP contribution in [0.5, 0.6) is 0 Å². The highest BCUT2D eigenvalue weighted by Crippen LogP contribution is 2.24. The molecule has 0 radical (unpaired) electrons. The normalized spacial score (nSPS) is 18.8. The third-order valence-electron chi connectivity index (χ3n) is 3.83. The maximum atomic E-state index is 12.2. The molecule has 1 amide bonds. The van der Waals surface area contributed by atoms with E-state index in [4.69, 9.17) is 0 Å². The number of nitrogens with one attached hydrogen (secondary N) is 1. The molecule has 0 unspecified atom stereocenters. The summed E-state index contributed by atoms with van der Waals surface area (Å²) in [5.74, 6) is 0.288. The number of Topliss-reactive ketones (excluding diaryl/α,β-unsaturated/α-hetero) is 2. The summed E-state index contributed by atoms with van der Waals surface area (Å²) >= 11 is 0. The Morgan fingerprint density at radius 1 is 1.20 bits per heavy atom. The smallest absolute Gasteiger partial charge is 0.228 e. The van der Waals surface area contributed by atoms with Crippen molar-refractivity contribution < 1.29 is 14.4 Å². The van der Waals surface area contributed by atoms with Crippen molar-refractivity contribution >= 4 is 23.2 Å². The van der Waals surface area contributed by atoms with E-state index in [0.717, 1.165) is 11.3 Å². The predicted molar refractivity (Wildman–Crippen MR) is 73.8 cm³/mol. The molecule has 2 heterocycles. The van der Waals surface area contributed by atoms with Crippen LogP contribution in [0.15, 0.2) is 18.2 Å². The largest absolute Gasteiger partial charge is 0.326 e. The number of carbonyl (C=O) groups excluding carboxylic acids is 3. The van der Waals surface area contributed by atoms with Crippen LogP contribution in [0.3, 0.4) is 0 Å². The van der Waals surface area contributed by atoms with Crippen LogP contribution >= 0.6 is 0 Å². The number of likely N-dealkylation sites (tertiary alicyclic amines) is 1. The van der Waals surface area contributed by atoms with Gasteiger partial charge in [0.05, 0.1) is 13.0 Å². The lowest BCUT2D eigenvalue weighted by Gasteiger charge is -2.24. The van der Waals surface area contributed by atoms with Gasteiger partial charge in [0.1, 0.15) is 5.78 Å². The third kappa shape index (κ3) is 2.63. The van der Waals surface area contributed by atoms with Crippen molar-refractivity contribution in [2.24, 2.45) is 0 Å². The number of hydrogen-bond acceptors (Lipinski definition) is 4. The lowest BCUT2D eigenvalue weighted by atomic mass is 10.0. The van der Waals surface area contributed by atoms with E-state index in [1.54, 1.807) is 18.2 Å². The van der Waals surface area contributed by atoms with E-state index in [2.05, 4.69) is 5.32 Å². The zero-order chi connectivity index (χ0) is 14.1. The lowest BCUT2D eigenvalue weighted by molar-refractivity contribution is -0.121. The van der Waals surface area contributed by atoms with Gasteiger partial charge >= 0.3 is 0 Å². The second-order valence-corrected chi connectivity index (χ2v) is 5.33. The minimum atomic E-state index is -0.0286. The monoisotopic (exact) mass is 272 g/mol. The minimum Gasteiger partial charge on any atom is -0.326 e. The van der Waals surface area contributed by atoms with Crippen LogP contribution in [0.2, 0.25) is 0 Å². The van der Waals surface area contributed by atoms with Crippen LogP contribution in [-0.2, 0) is 16.0 Å². The quantitative estimate of drug-likeness (QED) is 0.835. The molecule has 0 aromatic heterocycles. The molecular weight excluding hydrogens is 256 g/mol. The van der Waals surface area contributed by atoms with Gasteiger partial charge in [-0.3, -0.25) is 19.3 Å². The first kappa shape index (κ1) is 13.0. The molecule has 0 aliphatic carbocycles. The molecule has 2 aliphatic heterocycles. The second kappa shape index (κ2) is 5.17. The van der Waals surface area contributed by atoms with E-state index < -0.39 is 0 Å². The van der Waals surface area contributed by atoms with Gasteiger partial charge in [-0.1, -0.05) is 0 Å². The van der Waals surface area contributed by atoms with E-state index in [9.17, 15) is 14.4 Å². The number of fused-ring (bicyclic) bond motifs is 1. The molecule has 104 valence electrons. The van der Waals surface area contributed by atoms with Gasteiger partial charge in [0.25, 0.3) is 0 Å². The molecule has 1 fully saturated rings. The van der Waals surface area contributed by atoms with Crippen molar-refractivity contribution in [3.05, 3.63) is 29.3 Å². The van der Waals surface area contributed by atoms with Gasteiger partial charge in [-0.15, -0.1) is 0 Å². The summed E-state index contributed by atoms with van der Waals surface area (Å²) in [6.45, 7) is 1.67. The summed E-state index contributed by atoms with van der Waals surface area (Å²) in [5.41, 5.74) is 2.32. The van der Waals surface area contributed by atoms with Crippen LogP contribution in [0.1, 0.15) is 28.8 Å². The van der Waals surface area contributed by atoms with Crippen molar-refractivity contribution in [3.8, 4) is 0 Å². The zero-order valence-electron chi connectivity index (χ0n) is 11.1. The van der Waals surface area contributed by atoms with Gasteiger partial charge in [-0.25, -0.2) is 0 Å². The van der Waals surface area contributed by atoms with Crippen molar-refractivity contribution in [1.29, 1.82) is 0 Å². The topological polar surface area (TPSA) is 66.5 Å². The molecule has 1 saturated heterocycles. The number of nitrogens with zero attached hydrogens (tertiary/aromatic N) is 1. The molecule has 1 aromatic rings. The first-order valence-corrected chi connectivity index (χ1v) is 6.82. The maximum absolute atomic E-state index is 12.2. The van der Waals surface area contributed by atoms with Gasteiger partial charge in [0.2, 0.25) is 5.91 Å². The van der Waals surface area contributed by atoms with Crippen LogP contribution in [0.4, 0.5) is 5.69 Å². The molecule has 0 atom stereocenters. The summed E-state index contributed by atoms with van der Waals surface area (Å²) in [6, 6.07) is 5.33. The highest BCUT2D eigenvalue weighted by molar-refractivity contribution is 6.02. The molecule has 20 heavy (non-hydrogen) atoms. The van der Waals surface area contributed by atoms with E-state index in [-0.39, 0.29) is 17.5 Å². The Kier molecular flexibility index (Phi) is 3.36. The highest BCUT2D eigenvalue weighted by Gasteiger charge is 2.22. The first-order chi connectivity index (χ1) is 9.61. The highest BCUT2D eigenvalue weighted by atomic mass is 16.2. The van der Waals surface area contributed by atoms with Crippen LogP contribution < -0.4 is 5.32 Å². The number of carbonyl (C=O) groups is 3. The Morgan fingerprint density at radius 3 is 2.70 bits per heavy atom. The molecule has 0 saturated carbocycles. The molecule has 5 nitrogen and oxygen atoms in total. The predicted octanol–water partition coefficient (Wildman–Crippen LogP) is 1.03. The van der Waals surface area contributed by atoms with Crippen LogP contribution in [0.25, 0.3) is 0 Å². The number of piperidine rings is 1. The molecular formula is C15H16N2O3. The number of ketones is 2. The Labute approximate surface area is 116 Å². The summed E-state index contributed by atoms with van der Waals surface area (Å²) in [5, 5.41) is 2.75. The average Bonchev–Trinajstić information content (AvgIpc) is 2.80. The zero-order valence-corrected chi connectivity index (χ0v) is 11.1. The number of anilines is 1. The van der Waals surface area contributed by atoms with E-state index >= 15 is 0 Å². The molecule has 1 N–H and O–H groups in total. The number of benzene rings is 1. The number of amides is 1. The van der Waals surface area contributed by atoms with Gasteiger partial charge in [-0.05, 0) is 23.8 Å². The van der Waals surface area contributed by atoms with Crippen molar-refractivity contribution in [2.45, 2.75) is 19.3 Å². The minimum absolute atomic E-state index is 0.0286. The Balaban J connectivity index is 1.67. The fourth-order valence-electron chi connectivity index (χ4n) is 2.66. The summed E-state index contributed by atoms with van der Waals surface area (Å²) < 4.78 is 0. The number of rotatable bonds is 3. The van der Waals surface area contributed by atoms with Gasteiger partial charge in [0.15, 0.2) is 5.78 Å². The summed E-state index contributed by atoms with van der Waals surface area (Å²) in [7, 11) is 0. The van der Waals surface area contributed by atoms with E-state index in [1.165, 1.54) is 0 Å². The van der Waals surface area contributed by atoms with Gasteiger partial charge < -0.3 is 5.32 Å². The van der Waals surface area contributed by atoms with Crippen molar-refractivity contribution in [1.82, 2.24) is 4.90 Å². The molecule has 3 rings (SSSR count). The lowest BCUT2D eigenvalue weighted by Crippen LogP contribution is -2.37.